The van der Waals surface area contributed by atoms with E-state index in [1.807, 2.05) is 21.6 Å². The summed E-state index contributed by atoms with van der Waals surface area (Å²) in [6.45, 7) is 9.47. The van der Waals surface area contributed by atoms with Gasteiger partial charge in [-0.2, -0.15) is 0 Å². The number of carbonyl (C=O) groups is 1. The minimum atomic E-state index is 0.128. The first-order valence-corrected chi connectivity index (χ1v) is 9.99. The van der Waals surface area contributed by atoms with Gasteiger partial charge in [0, 0.05) is 63.0 Å². The number of pyridine rings is 1. The Morgan fingerprint density at radius 3 is 2.69 bits per heavy atom. The third-order valence-electron chi connectivity index (χ3n) is 5.48. The fraction of sp³-hybridized carbons (Fsp3) is 0.619. The third kappa shape index (κ3) is 4.26. The monoisotopic (exact) mass is 357 g/mol. The minimum absolute atomic E-state index is 0.128. The summed E-state index contributed by atoms with van der Waals surface area (Å²) in [6, 6.07) is 5.63. The Labute approximate surface area is 156 Å². The molecule has 0 unspecified atom stereocenters. The molecule has 3 rings (SSSR count). The molecule has 0 N–H and O–H groups in total. The highest BCUT2D eigenvalue weighted by Crippen LogP contribution is 2.34. The van der Waals surface area contributed by atoms with E-state index >= 15 is 0 Å². The average Bonchev–Trinajstić information content (AvgIpc) is 2.62. The summed E-state index contributed by atoms with van der Waals surface area (Å²) >= 11 is 0. The molecule has 0 spiro atoms. The number of hydrogen-bond acceptors (Lipinski definition) is 3. The van der Waals surface area contributed by atoms with E-state index in [-0.39, 0.29) is 11.5 Å². The molecule has 1 fully saturated rings. The second kappa shape index (κ2) is 8.67. The van der Waals surface area contributed by atoms with Crippen LogP contribution in [0.15, 0.2) is 35.1 Å². The van der Waals surface area contributed by atoms with E-state index in [1.54, 1.807) is 12.1 Å². The predicted octanol–water partition coefficient (Wildman–Crippen LogP) is 2.47. The number of piperidine rings is 1. The smallest absolute Gasteiger partial charge is 0.250 e. The number of likely N-dealkylation sites (tertiary alicyclic amines) is 1. The summed E-state index contributed by atoms with van der Waals surface area (Å²) in [5.41, 5.74) is 1.30. The molecule has 142 valence electrons. The zero-order valence-electron chi connectivity index (χ0n) is 16.1. The fourth-order valence-corrected chi connectivity index (χ4v) is 4.42. The van der Waals surface area contributed by atoms with Crippen LogP contribution in [0.5, 0.6) is 0 Å². The third-order valence-corrected chi connectivity index (χ3v) is 5.48. The van der Waals surface area contributed by atoms with Gasteiger partial charge in [-0.1, -0.05) is 26.0 Å². The Bertz CT molecular complexity index is 703. The van der Waals surface area contributed by atoms with E-state index in [2.05, 4.69) is 24.8 Å². The molecule has 1 aromatic heterocycles. The molecule has 3 heterocycles. The van der Waals surface area contributed by atoms with E-state index < -0.39 is 0 Å². The van der Waals surface area contributed by atoms with Gasteiger partial charge in [0.1, 0.15) is 0 Å². The second-order valence-corrected chi connectivity index (χ2v) is 7.64. The molecule has 0 radical (unpaired) electrons. The molecule has 1 amide bonds. The summed E-state index contributed by atoms with van der Waals surface area (Å²) < 4.78 is 1.96. The lowest BCUT2D eigenvalue weighted by molar-refractivity contribution is -0.126. The second-order valence-electron chi connectivity index (χ2n) is 7.64. The van der Waals surface area contributed by atoms with Crippen molar-refractivity contribution in [3.05, 3.63) is 46.4 Å². The van der Waals surface area contributed by atoms with Crippen molar-refractivity contribution in [2.75, 3.05) is 32.7 Å². The highest BCUT2D eigenvalue weighted by atomic mass is 16.2. The van der Waals surface area contributed by atoms with Crippen molar-refractivity contribution < 1.29 is 4.79 Å². The van der Waals surface area contributed by atoms with Crippen molar-refractivity contribution in [1.82, 2.24) is 14.4 Å². The van der Waals surface area contributed by atoms with Crippen molar-refractivity contribution in [2.24, 2.45) is 5.92 Å². The molecule has 26 heavy (non-hydrogen) atoms. The number of rotatable bonds is 7. The van der Waals surface area contributed by atoms with Gasteiger partial charge in [-0.05, 0) is 31.2 Å². The highest BCUT2D eigenvalue weighted by molar-refractivity contribution is 5.87. The zero-order chi connectivity index (χ0) is 18.5. The van der Waals surface area contributed by atoms with Crippen LogP contribution in [0.1, 0.15) is 44.7 Å². The van der Waals surface area contributed by atoms with Gasteiger partial charge in [-0.25, -0.2) is 0 Å². The summed E-state index contributed by atoms with van der Waals surface area (Å²) in [7, 11) is 0. The molecule has 0 saturated carbocycles. The summed E-state index contributed by atoms with van der Waals surface area (Å²) in [4.78, 5) is 28.8. The van der Waals surface area contributed by atoms with E-state index in [1.165, 1.54) is 12.1 Å². The maximum Gasteiger partial charge on any atom is 0.250 e. The molecule has 5 heteroatoms. The molecule has 0 aliphatic carbocycles. The van der Waals surface area contributed by atoms with E-state index in [0.717, 1.165) is 52.1 Å². The number of nitrogens with zero attached hydrogens (tertiary/aromatic N) is 3. The van der Waals surface area contributed by atoms with Crippen molar-refractivity contribution in [3.8, 4) is 0 Å². The largest absolute Gasteiger partial charge is 0.339 e. The number of carbonyl (C=O) groups excluding carboxylic acids is 1. The van der Waals surface area contributed by atoms with Crippen LogP contribution in [0, 0.1) is 5.92 Å². The summed E-state index contributed by atoms with van der Waals surface area (Å²) in [6.07, 6.45) is 6.92. The Hall–Kier alpha value is -1.88. The van der Waals surface area contributed by atoms with Crippen LogP contribution in [0.25, 0.3) is 0 Å². The van der Waals surface area contributed by atoms with Crippen LogP contribution in [-0.4, -0.2) is 53.0 Å². The predicted molar refractivity (Wildman–Crippen MR) is 104 cm³/mol. The van der Waals surface area contributed by atoms with Crippen LogP contribution < -0.4 is 5.56 Å². The molecule has 5 nitrogen and oxygen atoms in total. The number of fused-ring (bicyclic) bond motifs is 4. The normalized spacial score (nSPS) is 22.4. The Kier molecular flexibility index (Phi) is 6.30. The summed E-state index contributed by atoms with van der Waals surface area (Å²) in [5, 5.41) is 0. The number of aromatic nitrogens is 1. The topological polar surface area (TPSA) is 45.6 Å². The van der Waals surface area contributed by atoms with Gasteiger partial charge in [0.2, 0.25) is 5.91 Å². The highest BCUT2D eigenvalue weighted by Gasteiger charge is 2.33. The first-order valence-electron chi connectivity index (χ1n) is 9.99. The Morgan fingerprint density at radius 1 is 1.19 bits per heavy atom. The molecule has 2 aliphatic rings. The number of hydrogen-bond donors (Lipinski definition) is 0. The lowest BCUT2D eigenvalue weighted by atomic mass is 9.83. The van der Waals surface area contributed by atoms with E-state index in [4.69, 9.17) is 0 Å². The fourth-order valence-electron chi connectivity index (χ4n) is 4.42. The van der Waals surface area contributed by atoms with Gasteiger partial charge in [-0.15, -0.1) is 0 Å². The van der Waals surface area contributed by atoms with Crippen LogP contribution in [-0.2, 0) is 11.3 Å². The molecule has 2 atom stereocenters. The van der Waals surface area contributed by atoms with Crippen LogP contribution in [0.2, 0.25) is 0 Å². The van der Waals surface area contributed by atoms with Crippen LogP contribution in [0.3, 0.4) is 0 Å². The molecule has 2 aliphatic heterocycles. The lowest BCUT2D eigenvalue weighted by Gasteiger charge is -2.42. The maximum atomic E-state index is 12.3. The molecular weight excluding hydrogens is 326 g/mol. The van der Waals surface area contributed by atoms with Crippen LogP contribution in [0.4, 0.5) is 0 Å². The maximum absolute atomic E-state index is 12.3. The van der Waals surface area contributed by atoms with Crippen molar-refractivity contribution in [1.29, 1.82) is 0 Å². The Balaban J connectivity index is 1.59. The van der Waals surface area contributed by atoms with Gasteiger partial charge >= 0.3 is 0 Å². The van der Waals surface area contributed by atoms with Gasteiger partial charge in [0.05, 0.1) is 0 Å². The molecule has 0 aromatic carbocycles. The lowest BCUT2D eigenvalue weighted by Crippen LogP contribution is -2.47. The van der Waals surface area contributed by atoms with E-state index in [9.17, 15) is 9.59 Å². The number of amides is 1. The summed E-state index contributed by atoms with van der Waals surface area (Å²) in [5.74, 6) is 1.09. The molecular formula is C21H31N3O2. The van der Waals surface area contributed by atoms with E-state index in [0.29, 0.717) is 11.8 Å². The van der Waals surface area contributed by atoms with Gasteiger partial charge < -0.3 is 9.47 Å². The SMILES string of the molecule is CCCN(CCC)C(=O)/C=C/CN1C[C@H]2C[C@@H](C1)c1cccc(=O)n1C2. The first-order chi connectivity index (χ1) is 12.6. The quantitative estimate of drug-likeness (QED) is 0.704. The van der Waals surface area contributed by atoms with Gasteiger partial charge in [-0.3, -0.25) is 14.5 Å². The molecule has 1 aromatic rings. The zero-order valence-corrected chi connectivity index (χ0v) is 16.1. The van der Waals surface area contributed by atoms with Crippen LogP contribution >= 0.6 is 0 Å². The molecule has 1 saturated heterocycles. The first kappa shape index (κ1) is 18.9. The van der Waals surface area contributed by atoms with Gasteiger partial charge in [0.15, 0.2) is 0 Å². The van der Waals surface area contributed by atoms with Crippen molar-refractivity contribution >= 4 is 5.91 Å². The average molecular weight is 357 g/mol. The molecule has 2 bridgehead atoms. The minimum Gasteiger partial charge on any atom is -0.339 e. The standard InChI is InChI=1S/C21H31N3O2/c1-3-10-23(11-4-2)20(25)9-6-12-22-14-17-13-18(16-22)19-7-5-8-21(26)24(19)15-17/h5-9,17-18H,3-4,10-16H2,1-2H3/b9-6+/t17-,18+/m1/s1. The van der Waals surface area contributed by atoms with Gasteiger partial charge in [0.25, 0.3) is 5.56 Å². The van der Waals surface area contributed by atoms with Crippen molar-refractivity contribution in [3.63, 3.8) is 0 Å². The van der Waals surface area contributed by atoms with Crippen molar-refractivity contribution in [2.45, 2.75) is 45.6 Å². The Morgan fingerprint density at radius 2 is 1.96 bits per heavy atom.